The van der Waals surface area contributed by atoms with Crippen LogP contribution in [-0.2, 0) is 16.1 Å². The second-order valence-corrected chi connectivity index (χ2v) is 7.36. The Morgan fingerprint density at radius 2 is 1.83 bits per heavy atom. The summed E-state index contributed by atoms with van der Waals surface area (Å²) in [5.41, 5.74) is -0.367. The van der Waals surface area contributed by atoms with E-state index in [9.17, 15) is 19.2 Å². The van der Waals surface area contributed by atoms with E-state index in [1.54, 1.807) is 31.2 Å². The summed E-state index contributed by atoms with van der Waals surface area (Å²) >= 11 is 0. The van der Waals surface area contributed by atoms with E-state index in [2.05, 4.69) is 15.7 Å². The van der Waals surface area contributed by atoms with Crippen molar-refractivity contribution in [3.05, 3.63) is 40.3 Å². The van der Waals surface area contributed by atoms with Crippen LogP contribution in [0.1, 0.15) is 56.4 Å². The topological polar surface area (TPSA) is 119 Å². The van der Waals surface area contributed by atoms with Crippen LogP contribution in [0, 0.1) is 0 Å². The highest BCUT2D eigenvalue weighted by Gasteiger charge is 2.25. The van der Waals surface area contributed by atoms with Gasteiger partial charge in [-0.15, -0.1) is 0 Å². The Bertz CT molecular complexity index is 1010. The first-order valence-electron chi connectivity index (χ1n) is 10.2. The van der Waals surface area contributed by atoms with Crippen molar-refractivity contribution in [3.63, 3.8) is 0 Å². The predicted molar refractivity (Wildman–Crippen MR) is 110 cm³/mol. The van der Waals surface area contributed by atoms with Gasteiger partial charge in [0, 0.05) is 18.0 Å². The fourth-order valence-corrected chi connectivity index (χ4v) is 3.55. The van der Waals surface area contributed by atoms with Crippen LogP contribution in [0.15, 0.2) is 29.1 Å². The van der Waals surface area contributed by atoms with Crippen molar-refractivity contribution in [2.75, 3.05) is 0 Å². The number of urea groups is 1. The fourth-order valence-electron chi connectivity index (χ4n) is 3.55. The predicted octanol–water partition coefficient (Wildman–Crippen LogP) is 2.12. The van der Waals surface area contributed by atoms with E-state index in [-0.39, 0.29) is 23.8 Å². The number of hydrogen-bond donors (Lipinski definition) is 2. The molecule has 2 N–H and O–H groups in total. The van der Waals surface area contributed by atoms with E-state index >= 15 is 0 Å². The van der Waals surface area contributed by atoms with E-state index in [1.807, 2.05) is 0 Å². The van der Waals surface area contributed by atoms with Crippen molar-refractivity contribution >= 4 is 28.7 Å². The molecule has 0 bridgehead atoms. The van der Waals surface area contributed by atoms with Crippen LogP contribution in [0.4, 0.5) is 4.79 Å². The Morgan fingerprint density at radius 1 is 1.17 bits per heavy atom. The summed E-state index contributed by atoms with van der Waals surface area (Å²) in [6.45, 7) is 3.39. The van der Waals surface area contributed by atoms with Gasteiger partial charge in [-0.1, -0.05) is 37.5 Å². The third-order valence-corrected chi connectivity index (χ3v) is 5.19. The Labute approximate surface area is 173 Å². The Kier molecular flexibility index (Phi) is 6.81. The highest BCUT2D eigenvalue weighted by atomic mass is 16.5. The standard InChI is InChI=1S/C21H26N4O5/c1-3-25-19(27)16-12-8-7-11-15(16)17(24-25)20(28)30-13(2)18(26)23-21(29)22-14-9-5-4-6-10-14/h7-8,11-14H,3-6,9-10H2,1-2H3,(H2,22,23,26,29)/t13-/m0/s1. The largest absolute Gasteiger partial charge is 0.448 e. The molecule has 0 aliphatic heterocycles. The van der Waals surface area contributed by atoms with E-state index in [4.69, 9.17) is 4.74 Å². The van der Waals surface area contributed by atoms with Gasteiger partial charge < -0.3 is 10.1 Å². The molecule has 1 atom stereocenters. The molecule has 3 amide bonds. The normalized spacial score (nSPS) is 15.4. The average molecular weight is 414 g/mol. The molecule has 0 unspecified atom stereocenters. The highest BCUT2D eigenvalue weighted by Crippen LogP contribution is 2.17. The molecule has 30 heavy (non-hydrogen) atoms. The van der Waals surface area contributed by atoms with E-state index in [0.717, 1.165) is 32.1 Å². The van der Waals surface area contributed by atoms with Crippen LogP contribution in [0.25, 0.3) is 10.8 Å². The summed E-state index contributed by atoms with van der Waals surface area (Å²) in [5, 5.41) is 9.76. The molecule has 0 saturated heterocycles. The van der Waals surface area contributed by atoms with Gasteiger partial charge in [-0.3, -0.25) is 14.9 Å². The second kappa shape index (κ2) is 9.51. The highest BCUT2D eigenvalue weighted by molar-refractivity contribution is 6.03. The summed E-state index contributed by atoms with van der Waals surface area (Å²) < 4.78 is 6.40. The van der Waals surface area contributed by atoms with Crippen molar-refractivity contribution in [3.8, 4) is 0 Å². The molecular weight excluding hydrogens is 388 g/mol. The lowest BCUT2D eigenvalue weighted by Gasteiger charge is -2.23. The Hall–Kier alpha value is -3.23. The van der Waals surface area contributed by atoms with Crippen molar-refractivity contribution in [2.24, 2.45) is 0 Å². The minimum Gasteiger partial charge on any atom is -0.448 e. The zero-order valence-corrected chi connectivity index (χ0v) is 17.1. The number of nitrogens with zero attached hydrogens (tertiary/aromatic N) is 2. The number of fused-ring (bicyclic) bond motifs is 1. The molecule has 1 aliphatic carbocycles. The van der Waals surface area contributed by atoms with Gasteiger partial charge in [-0.05, 0) is 32.8 Å². The number of aryl methyl sites for hydroxylation is 1. The minimum absolute atomic E-state index is 0.0510. The summed E-state index contributed by atoms with van der Waals surface area (Å²) in [4.78, 5) is 49.4. The molecule has 1 saturated carbocycles. The molecule has 1 aliphatic rings. The monoisotopic (exact) mass is 414 g/mol. The zero-order valence-electron chi connectivity index (χ0n) is 17.1. The first-order chi connectivity index (χ1) is 14.4. The lowest BCUT2D eigenvalue weighted by molar-refractivity contribution is -0.127. The molecule has 160 valence electrons. The number of nitrogens with one attached hydrogen (secondary N) is 2. The van der Waals surface area contributed by atoms with Gasteiger partial charge in [0.15, 0.2) is 11.8 Å². The van der Waals surface area contributed by atoms with Crippen LogP contribution < -0.4 is 16.2 Å². The van der Waals surface area contributed by atoms with Crippen LogP contribution >= 0.6 is 0 Å². The molecule has 9 heteroatoms. The maximum absolute atomic E-state index is 12.7. The van der Waals surface area contributed by atoms with Gasteiger partial charge in [0.05, 0.1) is 5.39 Å². The SMILES string of the molecule is CCn1nc(C(=O)O[C@@H](C)C(=O)NC(=O)NC2CCCCC2)c2ccccc2c1=O. The molecule has 2 aromatic rings. The number of imide groups is 1. The lowest BCUT2D eigenvalue weighted by atomic mass is 9.96. The third-order valence-electron chi connectivity index (χ3n) is 5.19. The molecule has 9 nitrogen and oxygen atoms in total. The van der Waals surface area contributed by atoms with E-state index < -0.39 is 24.0 Å². The van der Waals surface area contributed by atoms with Crippen LogP contribution in [0.5, 0.6) is 0 Å². The van der Waals surface area contributed by atoms with Crippen LogP contribution in [-0.4, -0.2) is 39.8 Å². The molecule has 1 heterocycles. The van der Waals surface area contributed by atoms with Gasteiger partial charge in [0.1, 0.15) is 0 Å². The van der Waals surface area contributed by atoms with Crippen LogP contribution in [0.3, 0.4) is 0 Å². The number of carbonyl (C=O) groups is 3. The summed E-state index contributed by atoms with van der Waals surface area (Å²) in [6.07, 6.45) is 3.81. The molecule has 3 rings (SSSR count). The number of amides is 3. The third kappa shape index (κ3) is 4.84. The van der Waals surface area contributed by atoms with E-state index in [0.29, 0.717) is 10.8 Å². The quantitative estimate of drug-likeness (QED) is 0.724. The second-order valence-electron chi connectivity index (χ2n) is 7.36. The van der Waals surface area contributed by atoms with Gasteiger partial charge in [-0.2, -0.15) is 5.10 Å². The number of hydrogen-bond acceptors (Lipinski definition) is 6. The number of rotatable bonds is 5. The van der Waals surface area contributed by atoms with Crippen molar-refractivity contribution in [1.29, 1.82) is 0 Å². The van der Waals surface area contributed by atoms with Gasteiger partial charge in [-0.25, -0.2) is 14.3 Å². The van der Waals surface area contributed by atoms with Crippen molar-refractivity contribution < 1.29 is 19.1 Å². The maximum atomic E-state index is 12.7. The summed E-state index contributed by atoms with van der Waals surface area (Å²) in [7, 11) is 0. The first-order valence-corrected chi connectivity index (χ1v) is 10.2. The first kappa shape index (κ1) is 21.5. The molecule has 0 radical (unpaired) electrons. The van der Waals surface area contributed by atoms with Gasteiger partial charge in [0.25, 0.3) is 11.5 Å². The van der Waals surface area contributed by atoms with Crippen molar-refractivity contribution in [1.82, 2.24) is 20.4 Å². The number of esters is 1. The Morgan fingerprint density at radius 3 is 2.50 bits per heavy atom. The minimum atomic E-state index is -1.21. The number of benzene rings is 1. The summed E-state index contributed by atoms with van der Waals surface area (Å²) in [6, 6.07) is 6.03. The number of carbonyl (C=O) groups excluding carboxylic acids is 3. The fraction of sp³-hybridized carbons (Fsp3) is 0.476. The molecule has 0 spiro atoms. The lowest BCUT2D eigenvalue weighted by Crippen LogP contribution is -2.48. The smallest absolute Gasteiger partial charge is 0.360 e. The molecule has 1 aromatic heterocycles. The average Bonchev–Trinajstić information content (AvgIpc) is 2.74. The van der Waals surface area contributed by atoms with Gasteiger partial charge in [0.2, 0.25) is 0 Å². The van der Waals surface area contributed by atoms with Crippen molar-refractivity contribution in [2.45, 2.75) is 64.6 Å². The zero-order chi connectivity index (χ0) is 21.7. The van der Waals surface area contributed by atoms with Gasteiger partial charge >= 0.3 is 12.0 Å². The molecule has 1 aromatic carbocycles. The maximum Gasteiger partial charge on any atom is 0.360 e. The molecule has 1 fully saturated rings. The number of aromatic nitrogens is 2. The van der Waals surface area contributed by atoms with E-state index in [1.165, 1.54) is 11.6 Å². The molecular formula is C21H26N4O5. The number of ether oxygens (including phenoxy) is 1. The summed E-state index contributed by atoms with van der Waals surface area (Å²) in [5.74, 6) is -1.58. The Balaban J connectivity index is 1.68. The van der Waals surface area contributed by atoms with Crippen LogP contribution in [0.2, 0.25) is 0 Å².